The van der Waals surface area contributed by atoms with Crippen molar-refractivity contribution in [2.45, 2.75) is 19.9 Å². The third-order valence-electron chi connectivity index (χ3n) is 3.34. The third-order valence-corrected chi connectivity index (χ3v) is 3.34. The molecule has 2 aromatic rings. The molecule has 0 heterocycles. The second-order valence-corrected chi connectivity index (χ2v) is 5.17. The van der Waals surface area contributed by atoms with Gasteiger partial charge in [0.25, 0.3) is 0 Å². The molecule has 1 unspecified atom stereocenters. The van der Waals surface area contributed by atoms with Crippen molar-refractivity contribution in [2.24, 2.45) is 11.7 Å². The minimum Gasteiger partial charge on any atom is -0.504 e. The Morgan fingerprint density at radius 3 is 2.62 bits per heavy atom. The summed E-state index contributed by atoms with van der Waals surface area (Å²) in [5.74, 6) is -1.15. The molecular formula is C16H17NO4. The standard InChI is InChI=1S/C16H17NO4/c1-9(2)14(17)16(20)21-13-7-10-5-3-4-6-11(10)12(8-18)15(13)19/h3-9,14,19H,17H2,1-2H3. The number of aldehydes is 1. The summed E-state index contributed by atoms with van der Waals surface area (Å²) in [7, 11) is 0. The van der Waals surface area contributed by atoms with Crippen molar-refractivity contribution >= 4 is 23.0 Å². The van der Waals surface area contributed by atoms with Crippen LogP contribution < -0.4 is 10.5 Å². The molecule has 0 aliphatic rings. The van der Waals surface area contributed by atoms with Gasteiger partial charge in [-0.05, 0) is 22.8 Å². The second-order valence-electron chi connectivity index (χ2n) is 5.17. The molecule has 0 spiro atoms. The minimum atomic E-state index is -0.796. The van der Waals surface area contributed by atoms with Crippen LogP contribution in [0.2, 0.25) is 0 Å². The van der Waals surface area contributed by atoms with E-state index in [2.05, 4.69) is 0 Å². The fraction of sp³-hybridized carbons (Fsp3) is 0.250. The molecule has 0 amide bonds. The number of carbonyl (C=O) groups is 2. The van der Waals surface area contributed by atoms with Gasteiger partial charge in [0.05, 0.1) is 5.56 Å². The Hall–Kier alpha value is -2.40. The quantitative estimate of drug-likeness (QED) is 0.511. The molecule has 0 aliphatic heterocycles. The summed E-state index contributed by atoms with van der Waals surface area (Å²) in [5, 5.41) is 11.4. The van der Waals surface area contributed by atoms with Crippen LogP contribution in [0.4, 0.5) is 0 Å². The molecule has 0 saturated carbocycles. The monoisotopic (exact) mass is 287 g/mol. The summed E-state index contributed by atoms with van der Waals surface area (Å²) < 4.78 is 5.15. The Morgan fingerprint density at radius 1 is 1.33 bits per heavy atom. The number of ether oxygens (including phenoxy) is 1. The molecule has 3 N–H and O–H groups in total. The van der Waals surface area contributed by atoms with Crippen LogP contribution in [-0.4, -0.2) is 23.4 Å². The number of rotatable bonds is 4. The number of nitrogens with two attached hydrogens (primary N) is 1. The second kappa shape index (κ2) is 5.93. The highest BCUT2D eigenvalue weighted by molar-refractivity contribution is 6.02. The van der Waals surface area contributed by atoms with Gasteiger partial charge in [0.15, 0.2) is 17.8 Å². The van der Waals surface area contributed by atoms with E-state index in [4.69, 9.17) is 10.5 Å². The lowest BCUT2D eigenvalue weighted by molar-refractivity contribution is -0.136. The van der Waals surface area contributed by atoms with Gasteiger partial charge >= 0.3 is 5.97 Å². The van der Waals surface area contributed by atoms with Crippen LogP contribution in [-0.2, 0) is 4.79 Å². The molecular weight excluding hydrogens is 270 g/mol. The van der Waals surface area contributed by atoms with Crippen molar-refractivity contribution in [2.75, 3.05) is 0 Å². The van der Waals surface area contributed by atoms with Gasteiger partial charge in [0.1, 0.15) is 6.04 Å². The number of aromatic hydroxyl groups is 1. The molecule has 110 valence electrons. The van der Waals surface area contributed by atoms with E-state index in [1.54, 1.807) is 38.1 Å². The van der Waals surface area contributed by atoms with Crippen molar-refractivity contribution in [3.63, 3.8) is 0 Å². The zero-order valence-electron chi connectivity index (χ0n) is 11.9. The Bertz CT molecular complexity index is 694. The van der Waals surface area contributed by atoms with E-state index in [-0.39, 0.29) is 23.0 Å². The molecule has 2 rings (SSSR count). The minimum absolute atomic E-state index is 0.0584. The number of benzene rings is 2. The topological polar surface area (TPSA) is 89.6 Å². The summed E-state index contributed by atoms with van der Waals surface area (Å²) >= 11 is 0. The van der Waals surface area contributed by atoms with Crippen LogP contribution in [0.5, 0.6) is 11.5 Å². The number of phenolic OH excluding ortho intramolecular Hbond substituents is 1. The average Bonchev–Trinajstić information content (AvgIpc) is 2.47. The van der Waals surface area contributed by atoms with E-state index in [0.717, 1.165) is 0 Å². The lowest BCUT2D eigenvalue weighted by Crippen LogP contribution is -2.38. The van der Waals surface area contributed by atoms with E-state index >= 15 is 0 Å². The summed E-state index contributed by atoms with van der Waals surface area (Å²) in [6.45, 7) is 3.59. The van der Waals surface area contributed by atoms with E-state index in [1.165, 1.54) is 6.07 Å². The molecule has 5 nitrogen and oxygen atoms in total. The predicted octanol–water partition coefficient (Wildman–Crippen LogP) is 2.25. The van der Waals surface area contributed by atoms with Gasteiger partial charge in [-0.1, -0.05) is 38.1 Å². The normalized spacial score (nSPS) is 12.4. The van der Waals surface area contributed by atoms with Crippen LogP contribution in [0.3, 0.4) is 0 Å². The first-order valence-corrected chi connectivity index (χ1v) is 6.63. The number of phenols is 1. The van der Waals surface area contributed by atoms with E-state index in [1.807, 2.05) is 0 Å². The van der Waals surface area contributed by atoms with E-state index < -0.39 is 12.0 Å². The molecule has 1 atom stereocenters. The van der Waals surface area contributed by atoms with Crippen LogP contribution in [0, 0.1) is 5.92 Å². The number of hydrogen-bond acceptors (Lipinski definition) is 5. The molecule has 0 radical (unpaired) electrons. The average molecular weight is 287 g/mol. The molecule has 0 fully saturated rings. The zero-order chi connectivity index (χ0) is 15.6. The van der Waals surface area contributed by atoms with Gasteiger partial charge in [-0.25, -0.2) is 4.79 Å². The Kier molecular flexibility index (Phi) is 4.23. The van der Waals surface area contributed by atoms with Crippen LogP contribution >= 0.6 is 0 Å². The molecule has 0 aromatic heterocycles. The first kappa shape index (κ1) is 15.0. The lowest BCUT2D eigenvalue weighted by Gasteiger charge is -2.16. The molecule has 2 aromatic carbocycles. The summed E-state index contributed by atoms with van der Waals surface area (Å²) in [5.41, 5.74) is 5.81. The molecule has 0 bridgehead atoms. The van der Waals surface area contributed by atoms with Crippen molar-refractivity contribution in [1.82, 2.24) is 0 Å². The maximum absolute atomic E-state index is 11.9. The number of hydrogen-bond donors (Lipinski definition) is 2. The number of esters is 1. The third kappa shape index (κ3) is 2.87. The van der Waals surface area contributed by atoms with Gasteiger partial charge in [-0.3, -0.25) is 4.79 Å². The maximum Gasteiger partial charge on any atom is 0.328 e. The van der Waals surface area contributed by atoms with Gasteiger partial charge < -0.3 is 15.6 Å². The first-order valence-electron chi connectivity index (χ1n) is 6.63. The number of fused-ring (bicyclic) bond motifs is 1. The van der Waals surface area contributed by atoms with Gasteiger partial charge in [-0.2, -0.15) is 0 Å². The van der Waals surface area contributed by atoms with Gasteiger partial charge in [0.2, 0.25) is 0 Å². The van der Waals surface area contributed by atoms with Crippen LogP contribution in [0.15, 0.2) is 30.3 Å². The highest BCUT2D eigenvalue weighted by atomic mass is 16.5. The van der Waals surface area contributed by atoms with E-state index in [0.29, 0.717) is 17.1 Å². The fourth-order valence-corrected chi connectivity index (χ4v) is 1.98. The van der Waals surface area contributed by atoms with Crippen molar-refractivity contribution in [3.05, 3.63) is 35.9 Å². The highest BCUT2D eigenvalue weighted by Gasteiger charge is 2.22. The Balaban J connectivity index is 2.47. The smallest absolute Gasteiger partial charge is 0.328 e. The summed E-state index contributed by atoms with van der Waals surface area (Å²) in [6, 6.07) is 7.75. The van der Waals surface area contributed by atoms with Crippen LogP contribution in [0.1, 0.15) is 24.2 Å². The summed E-state index contributed by atoms with van der Waals surface area (Å²) in [4.78, 5) is 23.1. The van der Waals surface area contributed by atoms with Crippen LogP contribution in [0.25, 0.3) is 10.8 Å². The Labute approximate surface area is 122 Å². The maximum atomic E-state index is 11.9. The SMILES string of the molecule is CC(C)C(N)C(=O)Oc1cc2ccccc2c(C=O)c1O. The fourth-order valence-electron chi connectivity index (χ4n) is 1.98. The van der Waals surface area contributed by atoms with Crippen molar-refractivity contribution in [3.8, 4) is 11.5 Å². The van der Waals surface area contributed by atoms with E-state index in [9.17, 15) is 14.7 Å². The van der Waals surface area contributed by atoms with Gasteiger partial charge in [-0.15, -0.1) is 0 Å². The molecule has 0 aliphatic carbocycles. The largest absolute Gasteiger partial charge is 0.504 e. The van der Waals surface area contributed by atoms with Crippen molar-refractivity contribution < 1.29 is 19.4 Å². The Morgan fingerprint density at radius 2 is 2.00 bits per heavy atom. The first-order chi connectivity index (χ1) is 9.95. The lowest BCUT2D eigenvalue weighted by atomic mass is 10.0. The van der Waals surface area contributed by atoms with Crippen molar-refractivity contribution in [1.29, 1.82) is 0 Å². The zero-order valence-corrected chi connectivity index (χ0v) is 11.9. The summed E-state index contributed by atoms with van der Waals surface area (Å²) in [6.07, 6.45) is 0.539. The molecule has 0 saturated heterocycles. The number of carbonyl (C=O) groups excluding carboxylic acids is 2. The highest BCUT2D eigenvalue weighted by Crippen LogP contribution is 2.35. The molecule has 21 heavy (non-hydrogen) atoms. The van der Waals surface area contributed by atoms with Gasteiger partial charge in [0, 0.05) is 0 Å². The molecule has 5 heteroatoms. The predicted molar refractivity (Wildman–Crippen MR) is 79.4 cm³/mol.